The topological polar surface area (TPSA) is 118 Å². The van der Waals surface area contributed by atoms with Gasteiger partial charge in [-0.3, -0.25) is 9.59 Å². The van der Waals surface area contributed by atoms with Crippen LogP contribution in [0.3, 0.4) is 0 Å². The van der Waals surface area contributed by atoms with E-state index in [4.69, 9.17) is 4.74 Å². The van der Waals surface area contributed by atoms with Gasteiger partial charge in [-0.2, -0.15) is 0 Å². The van der Waals surface area contributed by atoms with E-state index in [1.165, 1.54) is 30.5 Å². The Morgan fingerprint density at radius 1 is 1.09 bits per heavy atom. The van der Waals surface area contributed by atoms with E-state index >= 15 is 0 Å². The third-order valence-corrected chi connectivity index (χ3v) is 4.88. The highest BCUT2D eigenvalue weighted by Crippen LogP contribution is 2.24. The summed E-state index contributed by atoms with van der Waals surface area (Å²) in [5.41, 5.74) is 1.34. The van der Waals surface area contributed by atoms with Gasteiger partial charge in [0.25, 0.3) is 11.8 Å². The smallest absolute Gasteiger partial charge is 0.335 e. The molecule has 0 unspecified atom stereocenters. The van der Waals surface area contributed by atoms with Gasteiger partial charge in [0.1, 0.15) is 5.75 Å². The minimum Gasteiger partial charge on any atom is -0.508 e. The number of amides is 2. The Morgan fingerprint density at radius 3 is 2.62 bits per heavy atom. The van der Waals surface area contributed by atoms with Crippen molar-refractivity contribution in [2.24, 2.45) is 0 Å². The highest BCUT2D eigenvalue weighted by Gasteiger charge is 2.17. The van der Waals surface area contributed by atoms with E-state index in [-0.39, 0.29) is 35.3 Å². The average Bonchev–Trinajstić information content (AvgIpc) is 2.78. The number of hydrogen-bond acceptors (Lipinski definition) is 6. The summed E-state index contributed by atoms with van der Waals surface area (Å²) in [7, 11) is 0. The zero-order valence-corrected chi connectivity index (χ0v) is 18.3. The molecule has 32 heavy (non-hydrogen) atoms. The number of nitrogens with one attached hydrogen (secondary N) is 2. The molecular weight excluding hydrogens is 478 g/mol. The normalized spacial score (nSPS) is 10.2. The van der Waals surface area contributed by atoms with Crippen molar-refractivity contribution in [3.05, 3.63) is 94.6 Å². The molecule has 8 nitrogen and oxygen atoms in total. The third-order valence-electron chi connectivity index (χ3n) is 4.22. The van der Waals surface area contributed by atoms with Gasteiger partial charge >= 0.3 is 5.97 Å². The summed E-state index contributed by atoms with van der Waals surface area (Å²) in [6, 6.07) is 14.1. The number of anilines is 1. The number of aromatic hydroxyl groups is 1. The summed E-state index contributed by atoms with van der Waals surface area (Å²) >= 11 is 3.31. The Hall–Kier alpha value is -3.98. The molecule has 0 saturated heterocycles. The van der Waals surface area contributed by atoms with Crippen LogP contribution in [0.4, 0.5) is 5.82 Å². The lowest BCUT2D eigenvalue weighted by Gasteiger charge is -2.11. The largest absolute Gasteiger partial charge is 0.508 e. The minimum atomic E-state index is -0.684. The first kappa shape index (κ1) is 22.7. The van der Waals surface area contributed by atoms with Gasteiger partial charge in [-0.15, -0.1) is 0 Å². The van der Waals surface area contributed by atoms with E-state index in [2.05, 4.69) is 38.1 Å². The highest BCUT2D eigenvalue weighted by atomic mass is 79.9. The maximum absolute atomic E-state index is 12.7. The molecule has 3 aromatic rings. The van der Waals surface area contributed by atoms with Crippen LogP contribution in [0.1, 0.15) is 26.3 Å². The fourth-order valence-corrected chi connectivity index (χ4v) is 3.24. The van der Waals surface area contributed by atoms with E-state index in [1.807, 2.05) is 0 Å². The Kier molecular flexibility index (Phi) is 7.35. The molecule has 0 aliphatic carbocycles. The van der Waals surface area contributed by atoms with Gasteiger partial charge in [-0.25, -0.2) is 9.78 Å². The number of rotatable bonds is 7. The third kappa shape index (κ3) is 5.79. The molecule has 0 fully saturated rings. The quantitative estimate of drug-likeness (QED) is 0.338. The number of halogens is 1. The van der Waals surface area contributed by atoms with Crippen molar-refractivity contribution < 1.29 is 24.2 Å². The zero-order chi connectivity index (χ0) is 23.1. The summed E-state index contributed by atoms with van der Waals surface area (Å²) in [6.45, 7) is 3.57. The van der Waals surface area contributed by atoms with Gasteiger partial charge in [0.05, 0.1) is 5.56 Å². The number of phenols is 1. The highest BCUT2D eigenvalue weighted by molar-refractivity contribution is 9.10. The number of benzene rings is 2. The van der Waals surface area contributed by atoms with E-state index in [9.17, 15) is 19.5 Å². The Morgan fingerprint density at radius 2 is 1.91 bits per heavy atom. The van der Waals surface area contributed by atoms with Gasteiger partial charge in [0.15, 0.2) is 11.6 Å². The SMILES string of the molecule is C=CC(=O)Oc1cccnc1NC(=O)c1ccc(C(=O)NCc2cccc(O)c2)cc1Br. The van der Waals surface area contributed by atoms with Crippen molar-refractivity contribution in [3.8, 4) is 11.5 Å². The van der Waals surface area contributed by atoms with E-state index in [0.29, 0.717) is 10.0 Å². The van der Waals surface area contributed by atoms with Crippen LogP contribution in [0.15, 0.2) is 77.9 Å². The number of nitrogens with zero attached hydrogens (tertiary/aromatic N) is 1. The molecule has 3 N–H and O–H groups in total. The molecule has 3 rings (SSSR count). The molecule has 162 valence electrons. The molecule has 0 spiro atoms. The lowest BCUT2D eigenvalue weighted by atomic mass is 10.1. The number of esters is 1. The monoisotopic (exact) mass is 495 g/mol. The molecule has 0 aliphatic rings. The molecule has 9 heteroatoms. The van der Waals surface area contributed by atoms with Crippen molar-refractivity contribution in [3.63, 3.8) is 0 Å². The molecule has 0 saturated carbocycles. The summed E-state index contributed by atoms with van der Waals surface area (Å²) < 4.78 is 5.46. The standard InChI is InChI=1S/C23H18BrN3O5/c1-2-20(29)32-19-7-4-10-25-21(19)27-23(31)17-9-8-15(12-18(17)24)22(30)26-13-14-5-3-6-16(28)11-14/h2-12,28H,1,13H2,(H,26,30)(H,25,27,31). The van der Waals surface area contributed by atoms with Gasteiger partial charge in [-0.05, 0) is 64.0 Å². The van der Waals surface area contributed by atoms with E-state index in [1.54, 1.807) is 30.3 Å². The maximum Gasteiger partial charge on any atom is 0.335 e. The predicted octanol–water partition coefficient (Wildman–Crippen LogP) is 3.82. The van der Waals surface area contributed by atoms with Gasteiger partial charge in [0.2, 0.25) is 0 Å². The Labute approximate surface area is 192 Å². The average molecular weight is 496 g/mol. The first-order valence-electron chi connectivity index (χ1n) is 9.33. The van der Waals surface area contributed by atoms with Crippen molar-refractivity contribution in [2.45, 2.75) is 6.54 Å². The molecule has 0 atom stereocenters. The summed E-state index contributed by atoms with van der Waals surface area (Å²) in [6.07, 6.45) is 2.44. The first-order chi connectivity index (χ1) is 15.4. The lowest BCUT2D eigenvalue weighted by Crippen LogP contribution is -2.23. The van der Waals surface area contributed by atoms with E-state index < -0.39 is 11.9 Å². The summed E-state index contributed by atoms with van der Waals surface area (Å²) in [5, 5.41) is 14.8. The fourth-order valence-electron chi connectivity index (χ4n) is 2.68. The van der Waals surface area contributed by atoms with Gasteiger partial charge in [-0.1, -0.05) is 18.7 Å². The van der Waals surface area contributed by atoms with E-state index in [0.717, 1.165) is 11.6 Å². The number of aromatic nitrogens is 1. The van der Waals surface area contributed by atoms with Crippen LogP contribution < -0.4 is 15.4 Å². The number of carbonyl (C=O) groups is 3. The lowest BCUT2D eigenvalue weighted by molar-refractivity contribution is -0.128. The number of pyridine rings is 1. The minimum absolute atomic E-state index is 0.0625. The van der Waals surface area contributed by atoms with Crippen molar-refractivity contribution in [1.82, 2.24) is 10.3 Å². The van der Waals surface area contributed by atoms with Crippen LogP contribution in [0, 0.1) is 0 Å². The molecule has 2 aromatic carbocycles. The number of hydrogen-bond donors (Lipinski definition) is 3. The van der Waals surface area contributed by atoms with Crippen molar-refractivity contribution >= 4 is 39.5 Å². The van der Waals surface area contributed by atoms with Crippen LogP contribution in [0.5, 0.6) is 11.5 Å². The fraction of sp³-hybridized carbons (Fsp3) is 0.0435. The maximum atomic E-state index is 12.7. The molecule has 0 radical (unpaired) electrons. The number of carbonyl (C=O) groups excluding carboxylic acids is 3. The number of ether oxygens (including phenoxy) is 1. The molecular formula is C23H18BrN3O5. The molecule has 1 heterocycles. The van der Waals surface area contributed by atoms with Crippen LogP contribution in [0.25, 0.3) is 0 Å². The predicted molar refractivity (Wildman–Crippen MR) is 121 cm³/mol. The second-order valence-electron chi connectivity index (χ2n) is 6.48. The Bertz CT molecular complexity index is 1200. The van der Waals surface area contributed by atoms with Crippen molar-refractivity contribution in [2.75, 3.05) is 5.32 Å². The second-order valence-corrected chi connectivity index (χ2v) is 7.33. The first-order valence-corrected chi connectivity index (χ1v) is 10.1. The van der Waals surface area contributed by atoms with Crippen LogP contribution >= 0.6 is 15.9 Å². The zero-order valence-electron chi connectivity index (χ0n) is 16.7. The number of phenolic OH excluding ortho intramolecular Hbond substituents is 1. The summed E-state index contributed by atoms with van der Waals surface area (Å²) in [4.78, 5) is 40.6. The van der Waals surface area contributed by atoms with Crippen molar-refractivity contribution in [1.29, 1.82) is 0 Å². The molecule has 2 amide bonds. The van der Waals surface area contributed by atoms with Gasteiger partial charge in [0, 0.05) is 28.9 Å². The second kappa shape index (κ2) is 10.4. The molecule has 1 aromatic heterocycles. The van der Waals surface area contributed by atoms with Crippen LogP contribution in [-0.2, 0) is 11.3 Å². The molecule has 0 bridgehead atoms. The van der Waals surface area contributed by atoms with Crippen LogP contribution in [-0.4, -0.2) is 27.9 Å². The van der Waals surface area contributed by atoms with Gasteiger partial charge < -0.3 is 20.5 Å². The summed E-state index contributed by atoms with van der Waals surface area (Å²) in [5.74, 6) is -1.29. The molecule has 0 aliphatic heterocycles. The van der Waals surface area contributed by atoms with Crippen LogP contribution in [0.2, 0.25) is 0 Å². The Balaban J connectivity index is 1.69.